The van der Waals surface area contributed by atoms with Gasteiger partial charge >= 0.3 is 0 Å². The monoisotopic (exact) mass is 593 g/mol. The van der Waals surface area contributed by atoms with Crippen LogP contribution in [0.1, 0.15) is 145 Å². The van der Waals surface area contributed by atoms with Gasteiger partial charge < -0.3 is 10.1 Å². The Bertz CT molecular complexity index is 1070. The lowest BCUT2D eigenvalue weighted by Crippen LogP contribution is -2.46. The molecule has 4 atom stereocenters. The second kappa shape index (κ2) is 15.1. The van der Waals surface area contributed by atoms with Gasteiger partial charge in [-0.2, -0.15) is 0 Å². The highest BCUT2D eigenvalue weighted by Crippen LogP contribution is 2.50. The third kappa shape index (κ3) is 8.95. The molecule has 0 bridgehead atoms. The Labute approximate surface area is 264 Å². The van der Waals surface area contributed by atoms with Crippen LogP contribution in [0, 0.1) is 35.0 Å². The minimum atomic E-state index is -0.421. The fraction of sp³-hybridized carbons (Fsp3) is 0.795. The summed E-state index contributed by atoms with van der Waals surface area (Å²) in [5, 5.41) is 3.20. The molecule has 1 saturated carbocycles. The van der Waals surface area contributed by atoms with Gasteiger partial charge in [0.25, 0.3) is 0 Å². The number of allylic oxidation sites excluding steroid dienone is 6. The molecule has 2 fully saturated rings. The van der Waals surface area contributed by atoms with Crippen LogP contribution in [0.5, 0.6) is 0 Å². The molecule has 4 heteroatoms. The molecular formula is C39H63NO3. The van der Waals surface area contributed by atoms with Gasteiger partial charge in [0.05, 0.1) is 17.6 Å². The maximum absolute atomic E-state index is 13.8. The lowest BCUT2D eigenvalue weighted by Gasteiger charge is -2.44. The summed E-state index contributed by atoms with van der Waals surface area (Å²) in [6.45, 7) is 17.2. The van der Waals surface area contributed by atoms with Gasteiger partial charge in [-0.25, -0.2) is 0 Å². The Kier molecular flexibility index (Phi) is 12.0. The molecule has 1 heterocycles. The predicted molar refractivity (Wildman–Crippen MR) is 179 cm³/mol. The normalized spacial score (nSPS) is 29.6. The van der Waals surface area contributed by atoms with Crippen molar-refractivity contribution in [1.82, 2.24) is 5.32 Å². The average molecular weight is 594 g/mol. The maximum Gasteiger partial charge on any atom is 0.226 e. The zero-order valence-electron chi connectivity index (χ0n) is 28.8. The Morgan fingerprint density at radius 3 is 2.49 bits per heavy atom. The summed E-state index contributed by atoms with van der Waals surface area (Å²) in [7, 11) is 0. The largest absolute Gasteiger partial charge is 0.375 e. The molecule has 0 spiro atoms. The molecule has 242 valence electrons. The Morgan fingerprint density at radius 1 is 1.05 bits per heavy atom. The first-order valence-electron chi connectivity index (χ1n) is 18.0. The number of ether oxygens (including phenoxy) is 1. The standard InChI is InChI=1S/C39H63NO3/c1-8-10-11-14-33(41)19-21-40-37(42)39(7)20-12-13-28(23-36(39)27(3)4)22-31-18-17-30(29-15-16-29)24-32-26-43-38(5,6)25-35(32)34(31)9-2/h13,17,27,29,32,35-36H,8-12,14-16,18-26H2,1-7H3,(H,40,42). The number of nitrogens with one attached hydrogen (secondary N) is 1. The van der Waals surface area contributed by atoms with Crippen LogP contribution in [0.2, 0.25) is 0 Å². The number of Topliss-reactive ketones (excluding diaryl/α,β-unsaturated/α-hetero) is 1. The fourth-order valence-electron chi connectivity index (χ4n) is 8.57. The third-order valence-electron chi connectivity index (χ3n) is 11.4. The van der Waals surface area contributed by atoms with E-state index in [4.69, 9.17) is 4.74 Å². The summed E-state index contributed by atoms with van der Waals surface area (Å²) in [6, 6.07) is 0. The van der Waals surface area contributed by atoms with Crippen LogP contribution >= 0.6 is 0 Å². The summed E-state index contributed by atoms with van der Waals surface area (Å²) in [4.78, 5) is 26.1. The molecule has 43 heavy (non-hydrogen) atoms. The smallest absolute Gasteiger partial charge is 0.226 e. The molecule has 4 rings (SSSR count). The maximum atomic E-state index is 13.8. The minimum absolute atomic E-state index is 0.0605. The van der Waals surface area contributed by atoms with E-state index in [9.17, 15) is 9.59 Å². The first-order chi connectivity index (χ1) is 20.5. The molecule has 1 saturated heterocycles. The molecule has 1 N–H and O–H groups in total. The van der Waals surface area contributed by atoms with E-state index in [1.165, 1.54) is 24.8 Å². The number of ketones is 1. The molecule has 0 aromatic heterocycles. The van der Waals surface area contributed by atoms with E-state index in [1.807, 2.05) is 0 Å². The number of carbonyl (C=O) groups excluding carboxylic acids is 2. The topological polar surface area (TPSA) is 55.4 Å². The molecule has 1 amide bonds. The number of carbonyl (C=O) groups is 2. The van der Waals surface area contributed by atoms with Crippen molar-refractivity contribution in [1.29, 1.82) is 0 Å². The van der Waals surface area contributed by atoms with E-state index in [2.05, 4.69) is 65.9 Å². The highest BCUT2D eigenvalue weighted by Gasteiger charge is 2.44. The van der Waals surface area contributed by atoms with Crippen LogP contribution in [-0.4, -0.2) is 30.4 Å². The Balaban J connectivity index is 1.49. The van der Waals surface area contributed by atoms with E-state index in [0.717, 1.165) is 76.7 Å². The average Bonchev–Trinajstić information content (AvgIpc) is 3.80. The van der Waals surface area contributed by atoms with Crippen LogP contribution in [0.3, 0.4) is 0 Å². The molecule has 3 aliphatic carbocycles. The van der Waals surface area contributed by atoms with Crippen LogP contribution in [0.25, 0.3) is 0 Å². The first kappa shape index (κ1) is 34.2. The number of rotatable bonds is 13. The van der Waals surface area contributed by atoms with Crippen molar-refractivity contribution in [3.63, 3.8) is 0 Å². The SMILES string of the molecule is CCCCCC(=O)CCNC(=O)C1(C)CCC=C(CC2=C(CC)C3CC(C)(C)OCC3CC(C3CC3)=CC2)CC1C(C)C. The molecular weight excluding hydrogens is 530 g/mol. The quantitative estimate of drug-likeness (QED) is 0.171. The zero-order valence-corrected chi connectivity index (χ0v) is 28.8. The second-order valence-corrected chi connectivity index (χ2v) is 15.6. The summed E-state index contributed by atoms with van der Waals surface area (Å²) in [5.41, 5.74) is 6.10. The van der Waals surface area contributed by atoms with Gasteiger partial charge in [0, 0.05) is 19.4 Å². The number of fused-ring (bicyclic) bond motifs is 1. The molecule has 0 radical (unpaired) electrons. The summed E-state index contributed by atoms with van der Waals surface area (Å²) < 4.78 is 6.41. The lowest BCUT2D eigenvalue weighted by atomic mass is 9.66. The second-order valence-electron chi connectivity index (χ2n) is 15.6. The fourth-order valence-corrected chi connectivity index (χ4v) is 8.57. The van der Waals surface area contributed by atoms with Gasteiger partial charge in [0.1, 0.15) is 5.78 Å². The van der Waals surface area contributed by atoms with Gasteiger partial charge in [0.15, 0.2) is 0 Å². The molecule has 1 aliphatic heterocycles. The van der Waals surface area contributed by atoms with Crippen LogP contribution in [0.4, 0.5) is 0 Å². The number of amides is 1. The Morgan fingerprint density at radius 2 is 1.81 bits per heavy atom. The summed E-state index contributed by atoms with van der Waals surface area (Å²) >= 11 is 0. The number of hydrogen-bond acceptors (Lipinski definition) is 3. The van der Waals surface area contributed by atoms with Crippen molar-refractivity contribution in [3.05, 3.63) is 34.4 Å². The molecule has 4 nitrogen and oxygen atoms in total. The molecule has 0 aromatic carbocycles. The molecule has 0 aromatic rings. The van der Waals surface area contributed by atoms with E-state index in [1.54, 1.807) is 16.7 Å². The van der Waals surface area contributed by atoms with Crippen LogP contribution in [-0.2, 0) is 14.3 Å². The molecule has 4 unspecified atom stereocenters. The van der Waals surface area contributed by atoms with Crippen molar-refractivity contribution in [3.8, 4) is 0 Å². The highest BCUT2D eigenvalue weighted by molar-refractivity contribution is 5.84. The lowest BCUT2D eigenvalue weighted by molar-refractivity contribution is -0.134. The third-order valence-corrected chi connectivity index (χ3v) is 11.4. The van der Waals surface area contributed by atoms with E-state index < -0.39 is 5.41 Å². The van der Waals surface area contributed by atoms with E-state index >= 15 is 0 Å². The van der Waals surface area contributed by atoms with Gasteiger partial charge in [-0.1, -0.05) is 81.9 Å². The molecule has 4 aliphatic rings. The van der Waals surface area contributed by atoms with Gasteiger partial charge in [-0.3, -0.25) is 9.59 Å². The highest BCUT2D eigenvalue weighted by atomic mass is 16.5. The predicted octanol–water partition coefficient (Wildman–Crippen LogP) is 9.69. The zero-order chi connectivity index (χ0) is 31.2. The van der Waals surface area contributed by atoms with Crippen molar-refractivity contribution < 1.29 is 14.3 Å². The van der Waals surface area contributed by atoms with Crippen molar-refractivity contribution in [2.24, 2.45) is 35.0 Å². The van der Waals surface area contributed by atoms with Gasteiger partial charge in [-0.05, 0) is 114 Å². The number of hydrogen-bond donors (Lipinski definition) is 1. The Hall–Kier alpha value is -1.68. The van der Waals surface area contributed by atoms with E-state index in [0.29, 0.717) is 37.1 Å². The summed E-state index contributed by atoms with van der Waals surface area (Å²) in [6.07, 6.45) is 20.5. The van der Waals surface area contributed by atoms with Crippen molar-refractivity contribution in [2.75, 3.05) is 13.2 Å². The van der Waals surface area contributed by atoms with E-state index in [-0.39, 0.29) is 23.2 Å². The van der Waals surface area contributed by atoms with Crippen LogP contribution < -0.4 is 5.32 Å². The summed E-state index contributed by atoms with van der Waals surface area (Å²) in [5.74, 6) is 3.14. The van der Waals surface area contributed by atoms with Crippen LogP contribution in [0.15, 0.2) is 34.4 Å². The van der Waals surface area contributed by atoms with Gasteiger partial charge in [-0.15, -0.1) is 0 Å². The number of unbranched alkanes of at least 4 members (excludes halogenated alkanes) is 2. The first-order valence-corrected chi connectivity index (χ1v) is 18.0. The minimum Gasteiger partial charge on any atom is -0.375 e. The van der Waals surface area contributed by atoms with Gasteiger partial charge in [0.2, 0.25) is 5.91 Å². The van der Waals surface area contributed by atoms with Crippen molar-refractivity contribution >= 4 is 11.7 Å². The van der Waals surface area contributed by atoms with Crippen molar-refractivity contribution in [2.45, 2.75) is 150 Å².